The molecule has 1 aliphatic rings. The number of Topliss-reactive ketones (excluding diaryl/α,β-unsaturated/α-hetero) is 1. The van der Waals surface area contributed by atoms with Crippen molar-refractivity contribution in [1.82, 2.24) is 4.98 Å². The third kappa shape index (κ3) is 2.64. The monoisotopic (exact) mass is 234 g/mol. The van der Waals surface area contributed by atoms with Crippen LogP contribution in [0, 0.1) is 12.8 Å². The lowest BCUT2D eigenvalue weighted by molar-refractivity contribution is 0.0375. The molecule has 0 bridgehead atoms. The number of hydrogen-bond acceptors (Lipinski definition) is 4. The van der Waals surface area contributed by atoms with Crippen molar-refractivity contribution in [2.45, 2.75) is 32.8 Å². The molecule has 1 saturated carbocycles. The second-order valence-corrected chi connectivity index (χ2v) is 4.52. The van der Waals surface area contributed by atoms with Gasteiger partial charge in [0.05, 0.1) is 5.56 Å². The average molecular weight is 234 g/mol. The Morgan fingerprint density at radius 2 is 2.35 bits per heavy atom. The molecule has 92 valence electrons. The molecule has 0 saturated heterocycles. The molecule has 0 spiro atoms. The minimum Gasteiger partial charge on any atom is -0.383 e. The molecular formula is C13H18N2O2. The fraction of sp³-hybridized carbons (Fsp3) is 0.538. The van der Waals surface area contributed by atoms with E-state index in [4.69, 9.17) is 10.5 Å². The van der Waals surface area contributed by atoms with Crippen molar-refractivity contribution >= 4 is 11.6 Å². The van der Waals surface area contributed by atoms with Gasteiger partial charge in [0.2, 0.25) is 0 Å². The summed E-state index contributed by atoms with van der Waals surface area (Å²) in [4.78, 5) is 16.4. The Morgan fingerprint density at radius 1 is 1.65 bits per heavy atom. The maximum absolute atomic E-state index is 12.3. The molecule has 0 aliphatic heterocycles. The van der Waals surface area contributed by atoms with Gasteiger partial charge < -0.3 is 10.5 Å². The number of nitrogens with zero attached hydrogens (tertiary/aromatic N) is 1. The number of ketones is 1. The molecule has 1 atom stereocenters. The number of hydrogen-bond donors (Lipinski definition) is 1. The fourth-order valence-electron chi connectivity index (χ4n) is 1.93. The normalized spacial score (nSPS) is 16.8. The Bertz CT molecular complexity index is 427. The van der Waals surface area contributed by atoms with Gasteiger partial charge in [-0.25, -0.2) is 4.98 Å². The summed E-state index contributed by atoms with van der Waals surface area (Å²) in [7, 11) is 0. The molecule has 17 heavy (non-hydrogen) atoms. The van der Waals surface area contributed by atoms with Crippen LogP contribution in [0.4, 0.5) is 5.82 Å². The van der Waals surface area contributed by atoms with Gasteiger partial charge in [0, 0.05) is 12.8 Å². The van der Waals surface area contributed by atoms with E-state index in [0.29, 0.717) is 23.9 Å². The van der Waals surface area contributed by atoms with Crippen LogP contribution in [0.15, 0.2) is 12.3 Å². The number of nitrogens with two attached hydrogens (primary N) is 1. The van der Waals surface area contributed by atoms with Gasteiger partial charge >= 0.3 is 0 Å². The fourth-order valence-corrected chi connectivity index (χ4v) is 1.93. The highest BCUT2D eigenvalue weighted by atomic mass is 16.5. The molecule has 1 heterocycles. The van der Waals surface area contributed by atoms with Crippen molar-refractivity contribution in [3.8, 4) is 0 Å². The van der Waals surface area contributed by atoms with Crippen molar-refractivity contribution in [2.75, 3.05) is 12.3 Å². The van der Waals surface area contributed by atoms with Crippen LogP contribution >= 0.6 is 0 Å². The van der Waals surface area contributed by atoms with Gasteiger partial charge in [-0.15, -0.1) is 0 Å². The summed E-state index contributed by atoms with van der Waals surface area (Å²) in [5, 5.41) is 0. The van der Waals surface area contributed by atoms with E-state index in [2.05, 4.69) is 4.98 Å². The number of carbonyl (C=O) groups excluding carboxylic acids is 1. The van der Waals surface area contributed by atoms with Crippen LogP contribution in [0.25, 0.3) is 0 Å². The SMILES string of the molecule is CCOC(C(=O)c1cc(C)cnc1N)C1CC1. The zero-order valence-corrected chi connectivity index (χ0v) is 10.3. The molecule has 4 heteroatoms. The first-order chi connectivity index (χ1) is 8.13. The van der Waals surface area contributed by atoms with Crippen molar-refractivity contribution in [2.24, 2.45) is 5.92 Å². The maximum Gasteiger partial charge on any atom is 0.195 e. The molecule has 0 aromatic carbocycles. The third-order valence-electron chi connectivity index (χ3n) is 2.98. The number of aromatic nitrogens is 1. The van der Waals surface area contributed by atoms with E-state index in [0.717, 1.165) is 18.4 Å². The first-order valence-corrected chi connectivity index (χ1v) is 6.01. The molecule has 1 aliphatic carbocycles. The molecule has 1 aromatic heterocycles. The molecule has 1 unspecified atom stereocenters. The number of pyridine rings is 1. The number of nitrogen functional groups attached to an aromatic ring is 1. The van der Waals surface area contributed by atoms with E-state index in [1.54, 1.807) is 12.3 Å². The van der Waals surface area contributed by atoms with Gasteiger partial charge in [-0.3, -0.25) is 4.79 Å². The van der Waals surface area contributed by atoms with Gasteiger partial charge in [-0.1, -0.05) is 0 Å². The van der Waals surface area contributed by atoms with Crippen LogP contribution in [0.5, 0.6) is 0 Å². The zero-order valence-electron chi connectivity index (χ0n) is 10.3. The molecule has 4 nitrogen and oxygen atoms in total. The zero-order chi connectivity index (χ0) is 12.4. The lowest BCUT2D eigenvalue weighted by Crippen LogP contribution is -2.27. The smallest absolute Gasteiger partial charge is 0.195 e. The second-order valence-electron chi connectivity index (χ2n) is 4.52. The van der Waals surface area contributed by atoms with E-state index in [-0.39, 0.29) is 11.9 Å². The minimum atomic E-state index is -0.342. The summed E-state index contributed by atoms with van der Waals surface area (Å²) in [5.74, 6) is 0.636. The quantitative estimate of drug-likeness (QED) is 0.791. The van der Waals surface area contributed by atoms with Crippen LogP contribution in [0.3, 0.4) is 0 Å². The lowest BCUT2D eigenvalue weighted by atomic mass is 10.0. The van der Waals surface area contributed by atoms with Gasteiger partial charge in [0.1, 0.15) is 11.9 Å². The second kappa shape index (κ2) is 4.84. The number of rotatable bonds is 5. The summed E-state index contributed by atoms with van der Waals surface area (Å²) in [6.07, 6.45) is 3.45. The lowest BCUT2D eigenvalue weighted by Gasteiger charge is -2.16. The molecular weight excluding hydrogens is 216 g/mol. The van der Waals surface area contributed by atoms with Gasteiger partial charge in [0.25, 0.3) is 0 Å². The van der Waals surface area contributed by atoms with Crippen LogP contribution in [-0.4, -0.2) is 23.5 Å². The Kier molecular flexibility index (Phi) is 3.43. The summed E-state index contributed by atoms with van der Waals surface area (Å²) >= 11 is 0. The van der Waals surface area contributed by atoms with E-state index in [1.807, 2.05) is 13.8 Å². The highest BCUT2D eigenvalue weighted by Gasteiger charge is 2.37. The van der Waals surface area contributed by atoms with Crippen molar-refractivity contribution < 1.29 is 9.53 Å². The molecule has 1 fully saturated rings. The van der Waals surface area contributed by atoms with Crippen LogP contribution < -0.4 is 5.73 Å². The van der Waals surface area contributed by atoms with Gasteiger partial charge in [-0.05, 0) is 44.2 Å². The van der Waals surface area contributed by atoms with Crippen LogP contribution in [0.2, 0.25) is 0 Å². The molecule has 1 aromatic rings. The third-order valence-corrected chi connectivity index (χ3v) is 2.98. The molecule has 0 amide bonds. The highest BCUT2D eigenvalue weighted by molar-refractivity contribution is 6.03. The Labute approximate surface area is 101 Å². The van der Waals surface area contributed by atoms with E-state index in [9.17, 15) is 4.79 Å². The largest absolute Gasteiger partial charge is 0.383 e. The number of carbonyl (C=O) groups is 1. The van der Waals surface area contributed by atoms with Crippen molar-refractivity contribution in [3.63, 3.8) is 0 Å². The van der Waals surface area contributed by atoms with E-state index >= 15 is 0 Å². The van der Waals surface area contributed by atoms with Gasteiger partial charge in [-0.2, -0.15) is 0 Å². The van der Waals surface area contributed by atoms with Gasteiger partial charge in [0.15, 0.2) is 5.78 Å². The Balaban J connectivity index is 2.24. The van der Waals surface area contributed by atoms with Crippen molar-refractivity contribution in [3.05, 3.63) is 23.4 Å². The predicted octanol–water partition coefficient (Wildman–Crippen LogP) is 1.97. The predicted molar refractivity (Wildman–Crippen MR) is 65.9 cm³/mol. The van der Waals surface area contributed by atoms with Crippen LogP contribution in [0.1, 0.15) is 35.7 Å². The summed E-state index contributed by atoms with van der Waals surface area (Å²) in [6.45, 7) is 4.35. The Morgan fingerprint density at radius 3 is 2.94 bits per heavy atom. The van der Waals surface area contributed by atoms with Crippen LogP contribution in [-0.2, 0) is 4.74 Å². The standard InChI is InChI=1S/C13H18N2O2/c1-3-17-12(9-4-5-9)11(16)10-6-8(2)7-15-13(10)14/h6-7,9,12H,3-5H2,1-2H3,(H2,14,15). The number of ether oxygens (including phenoxy) is 1. The number of anilines is 1. The summed E-state index contributed by atoms with van der Waals surface area (Å²) in [6, 6.07) is 1.79. The minimum absolute atomic E-state index is 0.0250. The van der Waals surface area contributed by atoms with Crippen molar-refractivity contribution in [1.29, 1.82) is 0 Å². The average Bonchev–Trinajstić information content (AvgIpc) is 3.12. The molecule has 0 radical (unpaired) electrons. The molecule has 2 rings (SSSR count). The van der Waals surface area contributed by atoms with E-state index in [1.165, 1.54) is 0 Å². The maximum atomic E-state index is 12.3. The first-order valence-electron chi connectivity index (χ1n) is 6.01. The summed E-state index contributed by atoms with van der Waals surface area (Å²) in [5.41, 5.74) is 7.19. The number of aryl methyl sites for hydroxylation is 1. The molecule has 2 N–H and O–H groups in total. The summed E-state index contributed by atoms with van der Waals surface area (Å²) < 4.78 is 5.54. The highest BCUT2D eigenvalue weighted by Crippen LogP contribution is 2.36. The van der Waals surface area contributed by atoms with E-state index < -0.39 is 0 Å². The first kappa shape index (κ1) is 12.0. The topological polar surface area (TPSA) is 65.2 Å². The Hall–Kier alpha value is -1.42.